The van der Waals surface area contributed by atoms with E-state index in [1.54, 1.807) is 11.0 Å². The third-order valence-corrected chi connectivity index (χ3v) is 7.31. The van der Waals surface area contributed by atoms with Crippen LogP contribution in [0.5, 0.6) is 0 Å². The van der Waals surface area contributed by atoms with Gasteiger partial charge in [0.25, 0.3) is 0 Å². The summed E-state index contributed by atoms with van der Waals surface area (Å²) in [7, 11) is 0. The third kappa shape index (κ3) is 5.20. The fraction of sp³-hybridized carbons (Fsp3) is 0.435. The number of nitrogens with zero attached hydrogens (tertiary/aromatic N) is 3. The maximum atomic E-state index is 11.4. The molecule has 2 heterocycles. The first-order valence-corrected chi connectivity index (χ1v) is 12.0. The Kier molecular flexibility index (Phi) is 7.25. The van der Waals surface area contributed by atoms with E-state index in [1.807, 2.05) is 25.1 Å². The van der Waals surface area contributed by atoms with Crippen molar-refractivity contribution in [2.24, 2.45) is 5.73 Å². The number of nitrogens with two attached hydrogens (primary N) is 1. The molecule has 1 unspecified atom stereocenters. The van der Waals surface area contributed by atoms with Crippen LogP contribution in [0.25, 0.3) is 0 Å². The zero-order valence-corrected chi connectivity index (χ0v) is 20.3. The van der Waals surface area contributed by atoms with Crippen molar-refractivity contribution in [2.45, 2.75) is 25.4 Å². The van der Waals surface area contributed by atoms with Gasteiger partial charge in [0.1, 0.15) is 0 Å². The molecule has 2 aromatic rings. The van der Waals surface area contributed by atoms with Crippen LogP contribution in [0.4, 0.5) is 16.2 Å². The predicted octanol–water partition coefficient (Wildman–Crippen LogP) is 5.09. The predicted molar refractivity (Wildman–Crippen MR) is 133 cm³/mol. The topological polar surface area (TPSA) is 64.8 Å². The molecule has 2 atom stereocenters. The molecule has 2 aromatic carbocycles. The summed E-state index contributed by atoms with van der Waals surface area (Å²) in [5.41, 5.74) is 8.40. The SMILES string of the molecule is C[C@@H](Nc1cc(N2CCN(C3CCN(C(N)=O)C3)CC2)ccc1Cl)c1ccc(Cl)cc1Cl. The highest BCUT2D eigenvalue weighted by molar-refractivity contribution is 6.35. The molecule has 2 amide bonds. The number of nitrogens with one attached hydrogen (secondary N) is 1. The highest BCUT2D eigenvalue weighted by Crippen LogP contribution is 2.33. The van der Waals surface area contributed by atoms with E-state index in [1.165, 1.54) is 0 Å². The molecule has 172 valence electrons. The number of benzene rings is 2. The number of primary amides is 1. The summed E-state index contributed by atoms with van der Waals surface area (Å²) >= 11 is 18.9. The third-order valence-electron chi connectivity index (χ3n) is 6.42. The minimum atomic E-state index is -0.318. The van der Waals surface area contributed by atoms with E-state index in [2.05, 4.69) is 27.2 Å². The molecule has 3 N–H and O–H groups in total. The monoisotopic (exact) mass is 495 g/mol. The summed E-state index contributed by atoms with van der Waals surface area (Å²) in [6.45, 7) is 7.30. The lowest BCUT2D eigenvalue weighted by Gasteiger charge is -2.39. The molecular formula is C23H28Cl3N5O. The molecule has 0 radical (unpaired) electrons. The standard InChI is InChI=1S/C23H28Cl3N5O/c1-15(19-4-2-16(24)12-21(19)26)28-22-13-17(3-5-20(22)25)29-8-10-30(11-9-29)18-6-7-31(14-18)23(27)32/h2-5,12-13,15,18,28H,6-11,14H2,1H3,(H2,27,32)/t15-,18?/m1/s1. The Morgan fingerprint density at radius 3 is 2.44 bits per heavy atom. The molecule has 2 saturated heterocycles. The molecule has 0 aromatic heterocycles. The number of halogens is 3. The lowest BCUT2D eigenvalue weighted by molar-refractivity contribution is 0.181. The Labute approximate surface area is 204 Å². The molecule has 6 nitrogen and oxygen atoms in total. The molecule has 0 saturated carbocycles. The first kappa shape index (κ1) is 23.3. The maximum absolute atomic E-state index is 11.4. The molecule has 4 rings (SSSR count). The lowest BCUT2D eigenvalue weighted by atomic mass is 10.1. The second-order valence-electron chi connectivity index (χ2n) is 8.45. The van der Waals surface area contributed by atoms with Crippen LogP contribution < -0.4 is 16.0 Å². The second kappa shape index (κ2) is 9.96. The number of carbonyl (C=O) groups excluding carboxylic acids is 1. The van der Waals surface area contributed by atoms with Gasteiger partial charge in [-0.25, -0.2) is 4.79 Å². The van der Waals surface area contributed by atoms with Gasteiger partial charge in [0.15, 0.2) is 0 Å². The van der Waals surface area contributed by atoms with Crippen LogP contribution in [0.15, 0.2) is 36.4 Å². The smallest absolute Gasteiger partial charge is 0.314 e. The fourth-order valence-corrected chi connectivity index (χ4v) is 5.31. The van der Waals surface area contributed by atoms with Gasteiger partial charge in [-0.1, -0.05) is 40.9 Å². The first-order valence-electron chi connectivity index (χ1n) is 10.9. The zero-order valence-electron chi connectivity index (χ0n) is 18.0. The summed E-state index contributed by atoms with van der Waals surface area (Å²) < 4.78 is 0. The van der Waals surface area contributed by atoms with Crippen LogP contribution >= 0.6 is 34.8 Å². The number of hydrogen-bond donors (Lipinski definition) is 2. The Balaban J connectivity index is 1.39. The minimum absolute atomic E-state index is 0.0278. The largest absolute Gasteiger partial charge is 0.377 e. The molecule has 2 aliphatic rings. The number of rotatable bonds is 5. The molecule has 9 heteroatoms. The van der Waals surface area contributed by atoms with Gasteiger partial charge in [0, 0.05) is 61.0 Å². The average molecular weight is 497 g/mol. The number of piperazine rings is 1. The van der Waals surface area contributed by atoms with Gasteiger partial charge in [-0.05, 0) is 49.2 Å². The Hall–Kier alpha value is -1.86. The second-order valence-corrected chi connectivity index (χ2v) is 9.70. The number of likely N-dealkylation sites (tertiary alicyclic amines) is 1. The van der Waals surface area contributed by atoms with Crippen LogP contribution in [0, 0.1) is 0 Å². The van der Waals surface area contributed by atoms with Gasteiger partial charge in [-0.15, -0.1) is 0 Å². The number of urea groups is 1. The van der Waals surface area contributed by atoms with Gasteiger partial charge in [0.05, 0.1) is 16.8 Å². The van der Waals surface area contributed by atoms with E-state index in [-0.39, 0.29) is 12.1 Å². The van der Waals surface area contributed by atoms with Crippen LogP contribution in [0.3, 0.4) is 0 Å². The Bertz CT molecular complexity index is 980. The van der Waals surface area contributed by atoms with Crippen LogP contribution in [0.1, 0.15) is 24.9 Å². The van der Waals surface area contributed by atoms with Crippen molar-refractivity contribution in [3.05, 3.63) is 57.0 Å². The molecule has 0 aliphatic carbocycles. The highest BCUT2D eigenvalue weighted by Gasteiger charge is 2.31. The van der Waals surface area contributed by atoms with E-state index < -0.39 is 0 Å². The van der Waals surface area contributed by atoms with Gasteiger partial charge < -0.3 is 20.9 Å². The summed E-state index contributed by atoms with van der Waals surface area (Å²) in [6.07, 6.45) is 0.989. The van der Waals surface area contributed by atoms with Crippen LogP contribution in [-0.2, 0) is 0 Å². The van der Waals surface area contributed by atoms with Crippen LogP contribution in [0.2, 0.25) is 15.1 Å². The lowest BCUT2D eigenvalue weighted by Crippen LogP contribution is -2.51. The van der Waals surface area contributed by atoms with Crippen molar-refractivity contribution in [3.8, 4) is 0 Å². The Morgan fingerprint density at radius 2 is 1.78 bits per heavy atom. The van der Waals surface area contributed by atoms with E-state index in [4.69, 9.17) is 40.5 Å². The van der Waals surface area contributed by atoms with Crippen molar-refractivity contribution in [1.29, 1.82) is 0 Å². The summed E-state index contributed by atoms with van der Waals surface area (Å²) in [5, 5.41) is 5.40. The molecule has 2 aliphatic heterocycles. The summed E-state index contributed by atoms with van der Waals surface area (Å²) in [4.78, 5) is 18.0. The van der Waals surface area contributed by atoms with E-state index >= 15 is 0 Å². The van der Waals surface area contributed by atoms with Gasteiger partial charge in [0.2, 0.25) is 0 Å². The van der Waals surface area contributed by atoms with Crippen LogP contribution in [-0.4, -0.2) is 61.1 Å². The number of carbonyl (C=O) groups is 1. The quantitative estimate of drug-likeness (QED) is 0.605. The van der Waals surface area contributed by atoms with E-state index in [9.17, 15) is 4.79 Å². The zero-order chi connectivity index (χ0) is 22.8. The highest BCUT2D eigenvalue weighted by atomic mass is 35.5. The van der Waals surface area contributed by atoms with Gasteiger partial charge in [-0.2, -0.15) is 0 Å². The normalized spacial score (nSPS) is 20.4. The van der Waals surface area contributed by atoms with E-state index in [0.29, 0.717) is 21.1 Å². The number of anilines is 2. The first-order chi connectivity index (χ1) is 15.3. The minimum Gasteiger partial charge on any atom is -0.377 e. The summed E-state index contributed by atoms with van der Waals surface area (Å²) in [6, 6.07) is 11.7. The molecule has 0 spiro atoms. The van der Waals surface area contributed by atoms with Crippen molar-refractivity contribution in [3.63, 3.8) is 0 Å². The maximum Gasteiger partial charge on any atom is 0.314 e. The van der Waals surface area contributed by atoms with Gasteiger partial charge >= 0.3 is 6.03 Å². The van der Waals surface area contributed by atoms with Crippen molar-refractivity contribution >= 4 is 52.2 Å². The molecule has 0 bridgehead atoms. The number of hydrogen-bond acceptors (Lipinski definition) is 4. The fourth-order valence-electron chi connectivity index (χ4n) is 4.57. The van der Waals surface area contributed by atoms with Crippen molar-refractivity contribution < 1.29 is 4.79 Å². The average Bonchev–Trinajstić information content (AvgIpc) is 3.26. The van der Waals surface area contributed by atoms with Gasteiger partial charge in [-0.3, -0.25) is 4.90 Å². The van der Waals surface area contributed by atoms with Crippen molar-refractivity contribution in [1.82, 2.24) is 9.80 Å². The Morgan fingerprint density at radius 1 is 1.03 bits per heavy atom. The number of amides is 2. The van der Waals surface area contributed by atoms with Crippen molar-refractivity contribution in [2.75, 3.05) is 49.5 Å². The molecule has 32 heavy (non-hydrogen) atoms. The molecule has 2 fully saturated rings. The molecular weight excluding hydrogens is 469 g/mol. The van der Waals surface area contributed by atoms with E-state index in [0.717, 1.165) is 62.6 Å². The summed E-state index contributed by atoms with van der Waals surface area (Å²) in [5.74, 6) is 0.